The van der Waals surface area contributed by atoms with Gasteiger partial charge in [0, 0.05) is 49.2 Å². The lowest BCUT2D eigenvalue weighted by molar-refractivity contribution is -0.138. The number of aromatic nitrogens is 3. The molecule has 0 radical (unpaired) electrons. The molecule has 1 fully saturated rings. The van der Waals surface area contributed by atoms with Gasteiger partial charge in [-0.3, -0.25) is 14.5 Å². The van der Waals surface area contributed by atoms with Gasteiger partial charge < -0.3 is 15.2 Å². The van der Waals surface area contributed by atoms with Gasteiger partial charge in [0.2, 0.25) is 11.4 Å². The SMILES string of the molecule is CC1CN(c2cc(F)c(-c3ccnc(C#N)n3)cc2NC(=O)c2c[nH]c(=O)cc2C(F)(F)F)CC(C)N1C. The number of rotatable bonds is 4. The number of H-pyrrole nitrogens is 1. The summed E-state index contributed by atoms with van der Waals surface area (Å²) in [6.07, 6.45) is -3.00. The number of pyridine rings is 1. The molecule has 198 valence electrons. The van der Waals surface area contributed by atoms with Crippen LogP contribution in [0.25, 0.3) is 11.3 Å². The summed E-state index contributed by atoms with van der Waals surface area (Å²) in [5, 5.41) is 11.6. The lowest BCUT2D eigenvalue weighted by Gasteiger charge is -2.44. The first-order valence-corrected chi connectivity index (χ1v) is 11.5. The first-order chi connectivity index (χ1) is 17.9. The van der Waals surface area contributed by atoms with E-state index in [4.69, 9.17) is 5.26 Å². The maximum Gasteiger partial charge on any atom is 0.417 e. The van der Waals surface area contributed by atoms with Crippen molar-refractivity contribution in [2.24, 2.45) is 0 Å². The summed E-state index contributed by atoms with van der Waals surface area (Å²) >= 11 is 0. The molecule has 1 saturated heterocycles. The van der Waals surface area contributed by atoms with Gasteiger partial charge in [-0.1, -0.05) is 0 Å². The number of piperazine rings is 1. The first-order valence-electron chi connectivity index (χ1n) is 11.5. The third-order valence-electron chi connectivity index (χ3n) is 6.54. The highest BCUT2D eigenvalue weighted by atomic mass is 19.4. The van der Waals surface area contributed by atoms with Crippen LogP contribution in [0.2, 0.25) is 0 Å². The zero-order chi connectivity index (χ0) is 27.8. The largest absolute Gasteiger partial charge is 0.417 e. The Bertz CT molecular complexity index is 1470. The Morgan fingerprint density at radius 1 is 1.21 bits per heavy atom. The molecule has 38 heavy (non-hydrogen) atoms. The van der Waals surface area contributed by atoms with E-state index < -0.39 is 34.6 Å². The molecule has 13 heteroatoms. The number of alkyl halides is 3. The third kappa shape index (κ3) is 5.35. The van der Waals surface area contributed by atoms with Crippen molar-refractivity contribution in [1.29, 1.82) is 5.26 Å². The molecule has 0 spiro atoms. The molecule has 4 rings (SSSR count). The van der Waals surface area contributed by atoms with Crippen LogP contribution in [-0.2, 0) is 6.18 Å². The molecule has 1 aromatic carbocycles. The van der Waals surface area contributed by atoms with Crippen molar-refractivity contribution in [3.05, 3.63) is 69.8 Å². The van der Waals surface area contributed by atoms with Crippen molar-refractivity contribution in [3.63, 3.8) is 0 Å². The summed E-state index contributed by atoms with van der Waals surface area (Å²) < 4.78 is 56.2. The first kappa shape index (κ1) is 26.7. The van der Waals surface area contributed by atoms with Crippen molar-refractivity contribution in [2.45, 2.75) is 32.1 Å². The molecule has 2 aromatic heterocycles. The molecule has 3 heterocycles. The fourth-order valence-corrected chi connectivity index (χ4v) is 4.37. The van der Waals surface area contributed by atoms with E-state index >= 15 is 4.39 Å². The lowest BCUT2D eigenvalue weighted by Crippen LogP contribution is -2.55. The van der Waals surface area contributed by atoms with E-state index in [-0.39, 0.29) is 40.5 Å². The number of nitrogens with zero attached hydrogens (tertiary/aromatic N) is 5. The number of amides is 1. The molecule has 0 saturated carbocycles. The van der Waals surface area contributed by atoms with E-state index in [0.29, 0.717) is 25.4 Å². The standard InChI is InChI=1S/C25H23F4N7O2/c1-13-11-36(12-14(2)35(13)3)21-8-18(26)15(19-4-5-31-22(9-30)33-19)6-20(21)34-24(38)16-10-32-23(37)7-17(16)25(27,28)29/h4-8,10,13-14H,11-12H2,1-3H3,(H,32,37)(H,34,38). The smallest absolute Gasteiger partial charge is 0.367 e. The average Bonchev–Trinajstić information content (AvgIpc) is 2.87. The second-order valence-electron chi connectivity index (χ2n) is 9.07. The van der Waals surface area contributed by atoms with E-state index in [1.165, 1.54) is 24.4 Å². The molecular formula is C25H23F4N7O2. The highest BCUT2D eigenvalue weighted by molar-refractivity contribution is 6.07. The number of carbonyl (C=O) groups is 1. The minimum absolute atomic E-state index is 0.0341. The number of aromatic amines is 1. The van der Waals surface area contributed by atoms with Gasteiger partial charge >= 0.3 is 6.18 Å². The van der Waals surface area contributed by atoms with E-state index in [2.05, 4.69) is 25.2 Å². The number of anilines is 2. The van der Waals surface area contributed by atoms with Gasteiger partial charge in [-0.15, -0.1) is 0 Å². The predicted octanol–water partition coefficient (Wildman–Crippen LogP) is 3.64. The molecule has 0 bridgehead atoms. The van der Waals surface area contributed by atoms with Crippen molar-refractivity contribution in [3.8, 4) is 17.3 Å². The molecule has 0 aliphatic carbocycles. The van der Waals surface area contributed by atoms with Crippen LogP contribution < -0.4 is 15.8 Å². The Morgan fingerprint density at radius 3 is 2.53 bits per heavy atom. The topological polar surface area (TPSA) is 118 Å². The average molecular weight is 529 g/mol. The molecule has 2 unspecified atom stereocenters. The number of likely N-dealkylation sites (N-methyl/N-ethyl adjacent to an activating group) is 1. The number of nitrogens with one attached hydrogen (secondary N) is 2. The fraction of sp³-hybridized carbons (Fsp3) is 0.320. The molecule has 1 aliphatic heterocycles. The zero-order valence-corrected chi connectivity index (χ0v) is 20.6. The zero-order valence-electron chi connectivity index (χ0n) is 20.6. The lowest BCUT2D eigenvalue weighted by atomic mass is 10.0. The molecule has 3 aromatic rings. The Morgan fingerprint density at radius 2 is 1.89 bits per heavy atom. The molecule has 9 nitrogen and oxygen atoms in total. The summed E-state index contributed by atoms with van der Waals surface area (Å²) in [5.41, 5.74) is -2.96. The van der Waals surface area contributed by atoms with Crippen LogP contribution >= 0.6 is 0 Å². The summed E-state index contributed by atoms with van der Waals surface area (Å²) in [5.74, 6) is -2.07. The number of hydrogen-bond donors (Lipinski definition) is 2. The van der Waals surface area contributed by atoms with Gasteiger partial charge in [0.15, 0.2) is 0 Å². The Hall–Kier alpha value is -4.31. The Balaban J connectivity index is 1.83. The second kappa shape index (κ2) is 10.2. The van der Waals surface area contributed by atoms with Crippen LogP contribution in [0.5, 0.6) is 0 Å². The Kier molecular flexibility index (Phi) is 7.19. The minimum atomic E-state index is -4.96. The van der Waals surface area contributed by atoms with Crippen LogP contribution in [0.3, 0.4) is 0 Å². The number of halogens is 4. The number of benzene rings is 1. The molecular weight excluding hydrogens is 506 g/mol. The summed E-state index contributed by atoms with van der Waals surface area (Å²) in [6, 6.07) is 6.00. The van der Waals surface area contributed by atoms with E-state index in [0.717, 1.165) is 0 Å². The van der Waals surface area contributed by atoms with Crippen LogP contribution in [0.1, 0.15) is 35.6 Å². The van der Waals surface area contributed by atoms with Gasteiger partial charge in [0.25, 0.3) is 5.91 Å². The maximum absolute atomic E-state index is 15.4. The van der Waals surface area contributed by atoms with Crippen molar-refractivity contribution in [2.75, 3.05) is 30.4 Å². The molecule has 1 aliphatic rings. The number of carbonyl (C=O) groups excluding carboxylic acids is 1. The van der Waals surface area contributed by atoms with Crippen LogP contribution in [0, 0.1) is 17.1 Å². The van der Waals surface area contributed by atoms with E-state index in [9.17, 15) is 22.8 Å². The number of hydrogen-bond acceptors (Lipinski definition) is 7. The molecule has 2 atom stereocenters. The van der Waals surface area contributed by atoms with Crippen LogP contribution in [0.4, 0.5) is 28.9 Å². The van der Waals surface area contributed by atoms with Crippen molar-refractivity contribution >= 4 is 17.3 Å². The monoisotopic (exact) mass is 529 g/mol. The molecule has 2 N–H and O–H groups in total. The quantitative estimate of drug-likeness (QED) is 0.496. The van der Waals surface area contributed by atoms with Gasteiger partial charge in [-0.2, -0.15) is 18.4 Å². The second-order valence-corrected chi connectivity index (χ2v) is 9.07. The van der Waals surface area contributed by atoms with Gasteiger partial charge in [-0.05, 0) is 39.1 Å². The minimum Gasteiger partial charge on any atom is -0.367 e. The van der Waals surface area contributed by atoms with Crippen LogP contribution in [-0.4, -0.2) is 58.0 Å². The third-order valence-corrected chi connectivity index (χ3v) is 6.54. The van der Waals surface area contributed by atoms with Gasteiger partial charge in [-0.25, -0.2) is 14.4 Å². The Labute approximate surface area is 214 Å². The predicted molar refractivity (Wildman–Crippen MR) is 131 cm³/mol. The molecule has 1 amide bonds. The summed E-state index contributed by atoms with van der Waals surface area (Å²) in [4.78, 5) is 38.5. The van der Waals surface area contributed by atoms with Crippen molar-refractivity contribution in [1.82, 2.24) is 19.9 Å². The highest BCUT2D eigenvalue weighted by Crippen LogP contribution is 2.36. The maximum atomic E-state index is 15.4. The van der Waals surface area contributed by atoms with E-state index in [1.54, 1.807) is 6.07 Å². The fourth-order valence-electron chi connectivity index (χ4n) is 4.37. The van der Waals surface area contributed by atoms with Gasteiger partial charge in [0.05, 0.1) is 28.2 Å². The van der Waals surface area contributed by atoms with Crippen LogP contribution in [0.15, 0.2) is 41.5 Å². The normalized spacial score (nSPS) is 18.2. The van der Waals surface area contributed by atoms with E-state index in [1.807, 2.05) is 25.8 Å². The summed E-state index contributed by atoms with van der Waals surface area (Å²) in [6.45, 7) is 4.87. The van der Waals surface area contributed by atoms with Gasteiger partial charge in [0.1, 0.15) is 11.9 Å². The highest BCUT2D eigenvalue weighted by Gasteiger charge is 2.36. The number of nitriles is 1. The summed E-state index contributed by atoms with van der Waals surface area (Å²) in [7, 11) is 1.95. The van der Waals surface area contributed by atoms with Crippen molar-refractivity contribution < 1.29 is 22.4 Å².